The van der Waals surface area contributed by atoms with Gasteiger partial charge in [0, 0.05) is 5.46 Å². The Hall–Kier alpha value is -1.47. The molecule has 2 N–H and O–H groups in total. The summed E-state index contributed by atoms with van der Waals surface area (Å²) in [6, 6.07) is 1.85. The lowest BCUT2D eigenvalue weighted by Crippen LogP contribution is -2.34. The van der Waals surface area contributed by atoms with E-state index in [2.05, 4.69) is 4.74 Å². The van der Waals surface area contributed by atoms with Gasteiger partial charge in [0.1, 0.15) is 0 Å². The summed E-state index contributed by atoms with van der Waals surface area (Å²) >= 11 is 0. The van der Waals surface area contributed by atoms with Crippen LogP contribution < -0.4 is 5.46 Å². The van der Waals surface area contributed by atoms with Crippen LogP contribution in [0.25, 0.3) is 0 Å². The van der Waals surface area contributed by atoms with E-state index in [1.165, 1.54) is 6.92 Å². The molecule has 0 amide bonds. The number of benzene rings is 1. The molecule has 0 radical (unpaired) electrons. The first-order valence-electron chi connectivity index (χ1n) is 4.50. The molecular formula is C9H9BF2O4. The molecule has 0 aliphatic carbocycles. The van der Waals surface area contributed by atoms with Crippen molar-refractivity contribution in [3.05, 3.63) is 29.3 Å². The van der Waals surface area contributed by atoms with Crippen LogP contribution in [0.4, 0.5) is 8.78 Å². The molecule has 0 saturated carbocycles. The van der Waals surface area contributed by atoms with E-state index in [0.29, 0.717) is 0 Å². The van der Waals surface area contributed by atoms with E-state index in [-0.39, 0.29) is 6.61 Å². The van der Waals surface area contributed by atoms with Gasteiger partial charge in [-0.25, -0.2) is 13.6 Å². The third-order valence-corrected chi connectivity index (χ3v) is 1.89. The Morgan fingerprint density at radius 1 is 1.38 bits per heavy atom. The number of ether oxygens (including phenoxy) is 1. The highest BCUT2D eigenvalue weighted by Gasteiger charge is 2.24. The quantitative estimate of drug-likeness (QED) is 0.558. The van der Waals surface area contributed by atoms with E-state index in [0.717, 1.165) is 12.1 Å². The van der Waals surface area contributed by atoms with Crippen LogP contribution in [0.3, 0.4) is 0 Å². The summed E-state index contributed by atoms with van der Waals surface area (Å²) < 4.78 is 31.0. The lowest BCUT2D eigenvalue weighted by molar-refractivity contribution is 0.0520. The van der Waals surface area contributed by atoms with Crippen LogP contribution in [-0.4, -0.2) is 29.7 Å². The number of hydrogen-bond donors (Lipinski definition) is 2. The van der Waals surface area contributed by atoms with Gasteiger partial charge in [-0.05, 0) is 13.0 Å². The molecule has 7 heteroatoms. The number of halogens is 2. The van der Waals surface area contributed by atoms with Crippen molar-refractivity contribution in [2.24, 2.45) is 0 Å². The van der Waals surface area contributed by atoms with E-state index < -0.39 is 35.7 Å². The summed E-state index contributed by atoms with van der Waals surface area (Å²) in [6.07, 6.45) is 0. The predicted octanol–water partition coefficient (Wildman–Crippen LogP) is -0.179. The zero-order valence-electron chi connectivity index (χ0n) is 8.41. The largest absolute Gasteiger partial charge is 0.491 e. The molecule has 0 bridgehead atoms. The Morgan fingerprint density at radius 3 is 2.50 bits per heavy atom. The minimum atomic E-state index is -2.13. The van der Waals surface area contributed by atoms with Gasteiger partial charge in [0.05, 0.1) is 12.2 Å². The monoisotopic (exact) mass is 230 g/mol. The minimum absolute atomic E-state index is 0.0320. The summed E-state index contributed by atoms with van der Waals surface area (Å²) in [6.45, 7) is 1.56. The molecule has 0 saturated heterocycles. The van der Waals surface area contributed by atoms with E-state index in [9.17, 15) is 13.6 Å². The molecular weight excluding hydrogens is 221 g/mol. The highest BCUT2D eigenvalue weighted by atomic mass is 19.2. The molecule has 0 aliphatic heterocycles. The molecule has 0 aliphatic rings. The van der Waals surface area contributed by atoms with Crippen molar-refractivity contribution in [3.8, 4) is 0 Å². The Morgan fingerprint density at radius 2 is 2.00 bits per heavy atom. The van der Waals surface area contributed by atoms with Crippen LogP contribution >= 0.6 is 0 Å². The first-order chi connectivity index (χ1) is 7.49. The molecule has 86 valence electrons. The second kappa shape index (κ2) is 5.04. The van der Waals surface area contributed by atoms with E-state index in [1.807, 2.05) is 0 Å². The smallest absolute Gasteiger partial charge is 0.462 e. The maximum absolute atomic E-state index is 13.3. The standard InChI is InChI=1S/C9H9BF2O4/c1-2-16-9(13)5-3-4-6(10(14)15)8(12)7(5)11/h3-4,14-15H,2H2,1H3. The van der Waals surface area contributed by atoms with Crippen molar-refractivity contribution in [2.45, 2.75) is 6.92 Å². The molecule has 0 fully saturated rings. The van der Waals surface area contributed by atoms with Gasteiger partial charge in [-0.3, -0.25) is 0 Å². The summed E-state index contributed by atoms with van der Waals surface area (Å²) in [5, 5.41) is 17.4. The first kappa shape index (κ1) is 12.6. The van der Waals surface area contributed by atoms with Crippen molar-refractivity contribution < 1.29 is 28.4 Å². The zero-order chi connectivity index (χ0) is 12.3. The van der Waals surface area contributed by atoms with Gasteiger partial charge in [-0.1, -0.05) is 6.07 Å². The third-order valence-electron chi connectivity index (χ3n) is 1.89. The molecule has 0 aromatic heterocycles. The fourth-order valence-electron chi connectivity index (χ4n) is 1.13. The van der Waals surface area contributed by atoms with Crippen LogP contribution in [0.5, 0.6) is 0 Å². The van der Waals surface area contributed by atoms with E-state index in [4.69, 9.17) is 10.0 Å². The van der Waals surface area contributed by atoms with Crippen molar-refractivity contribution in [2.75, 3.05) is 6.61 Å². The highest BCUT2D eigenvalue weighted by molar-refractivity contribution is 6.58. The highest BCUT2D eigenvalue weighted by Crippen LogP contribution is 2.11. The van der Waals surface area contributed by atoms with E-state index in [1.54, 1.807) is 0 Å². The Kier molecular flexibility index (Phi) is 3.97. The third kappa shape index (κ3) is 2.37. The lowest BCUT2D eigenvalue weighted by atomic mass is 9.79. The average molecular weight is 230 g/mol. The first-order valence-corrected chi connectivity index (χ1v) is 4.50. The SMILES string of the molecule is CCOC(=O)c1ccc(B(O)O)c(F)c1F. The molecule has 0 unspecified atom stereocenters. The summed E-state index contributed by atoms with van der Waals surface area (Å²) in [7, 11) is -2.13. The Bertz CT molecular complexity index is 409. The molecule has 16 heavy (non-hydrogen) atoms. The maximum Gasteiger partial charge on any atom is 0.491 e. The van der Waals surface area contributed by atoms with Gasteiger partial charge in [0.2, 0.25) is 0 Å². The topological polar surface area (TPSA) is 66.8 Å². The van der Waals surface area contributed by atoms with Gasteiger partial charge in [-0.2, -0.15) is 0 Å². The van der Waals surface area contributed by atoms with Crippen molar-refractivity contribution in [1.82, 2.24) is 0 Å². The van der Waals surface area contributed by atoms with Crippen molar-refractivity contribution >= 4 is 18.6 Å². The van der Waals surface area contributed by atoms with Gasteiger partial charge in [0.25, 0.3) is 0 Å². The van der Waals surface area contributed by atoms with Crippen LogP contribution in [0.15, 0.2) is 12.1 Å². The zero-order valence-corrected chi connectivity index (χ0v) is 8.41. The average Bonchev–Trinajstić information content (AvgIpc) is 2.21. The minimum Gasteiger partial charge on any atom is -0.462 e. The lowest BCUT2D eigenvalue weighted by Gasteiger charge is -2.07. The van der Waals surface area contributed by atoms with Crippen molar-refractivity contribution in [3.63, 3.8) is 0 Å². The summed E-state index contributed by atoms with van der Waals surface area (Å²) in [5.41, 5.74) is -1.21. The van der Waals surface area contributed by atoms with Gasteiger partial charge in [-0.15, -0.1) is 0 Å². The van der Waals surface area contributed by atoms with E-state index >= 15 is 0 Å². The second-order valence-electron chi connectivity index (χ2n) is 2.92. The second-order valence-corrected chi connectivity index (χ2v) is 2.92. The Labute approximate surface area is 90.6 Å². The molecule has 0 atom stereocenters. The summed E-state index contributed by atoms with van der Waals surface area (Å²) in [4.78, 5) is 11.1. The molecule has 1 rings (SSSR count). The Balaban J connectivity index is 3.16. The summed E-state index contributed by atoms with van der Waals surface area (Å²) in [5.74, 6) is -3.93. The number of carbonyl (C=O) groups is 1. The molecule has 0 heterocycles. The van der Waals surface area contributed by atoms with Crippen LogP contribution in [-0.2, 0) is 4.74 Å². The fourth-order valence-corrected chi connectivity index (χ4v) is 1.13. The fraction of sp³-hybridized carbons (Fsp3) is 0.222. The van der Waals surface area contributed by atoms with Crippen LogP contribution in [0, 0.1) is 11.6 Å². The van der Waals surface area contributed by atoms with Crippen LogP contribution in [0.2, 0.25) is 0 Å². The molecule has 1 aromatic carbocycles. The van der Waals surface area contributed by atoms with Gasteiger partial charge >= 0.3 is 13.1 Å². The van der Waals surface area contributed by atoms with Crippen molar-refractivity contribution in [1.29, 1.82) is 0 Å². The van der Waals surface area contributed by atoms with Gasteiger partial charge < -0.3 is 14.8 Å². The van der Waals surface area contributed by atoms with Gasteiger partial charge in [0.15, 0.2) is 11.6 Å². The number of rotatable bonds is 3. The normalized spacial score (nSPS) is 10.1. The predicted molar refractivity (Wildman–Crippen MR) is 52.1 cm³/mol. The molecule has 0 spiro atoms. The number of hydrogen-bond acceptors (Lipinski definition) is 4. The molecule has 1 aromatic rings. The molecule has 4 nitrogen and oxygen atoms in total. The number of carbonyl (C=O) groups excluding carboxylic acids is 1. The maximum atomic E-state index is 13.3. The number of esters is 1. The van der Waals surface area contributed by atoms with Crippen LogP contribution in [0.1, 0.15) is 17.3 Å².